The summed E-state index contributed by atoms with van der Waals surface area (Å²) in [5.41, 5.74) is 9.25. The highest BCUT2D eigenvalue weighted by Gasteiger charge is 2.55. The third-order valence-electron chi connectivity index (χ3n) is 9.95. The van der Waals surface area contributed by atoms with Crippen molar-refractivity contribution in [1.29, 1.82) is 0 Å². The number of fused-ring (bicyclic) bond motifs is 1. The second kappa shape index (κ2) is 16.8. The van der Waals surface area contributed by atoms with Crippen LogP contribution in [0.25, 0.3) is 0 Å². The molecule has 0 aliphatic carbocycles. The van der Waals surface area contributed by atoms with Crippen LogP contribution in [0.5, 0.6) is 0 Å². The minimum atomic E-state index is -1.29. The van der Waals surface area contributed by atoms with Gasteiger partial charge in [-0.3, -0.25) is 14.5 Å². The Morgan fingerprint density at radius 1 is 0.828 bits per heavy atom. The number of esters is 1. The van der Waals surface area contributed by atoms with E-state index in [1.54, 1.807) is 11.5 Å². The molecule has 1 aromatic heterocycles. The van der Waals surface area contributed by atoms with Gasteiger partial charge < -0.3 is 20.6 Å². The van der Waals surface area contributed by atoms with E-state index in [4.69, 9.17) is 15.3 Å². The molecule has 2 aliphatic rings. The summed E-state index contributed by atoms with van der Waals surface area (Å²) >= 11 is 2.54. The summed E-state index contributed by atoms with van der Waals surface area (Å²) in [4.78, 5) is 55.0. The molecule has 3 heterocycles. The number of nitrogens with zero attached hydrogens (tertiary/aromatic N) is 3. The zero-order chi connectivity index (χ0) is 40.1. The number of nitrogens with two attached hydrogens (primary N) is 1. The summed E-state index contributed by atoms with van der Waals surface area (Å²) in [6.45, 7) is 3.92. The van der Waals surface area contributed by atoms with Gasteiger partial charge in [-0.05, 0) is 16.7 Å². The standard InChI is InChI=1S/C46H37N5O5S2/c1-2-30-28-57-43-38(42(53)51(43)39(30)44(54)55-40(31-18-8-3-9-19-31)32-20-10-4-11-21-32)49-41(52)37(36-29-58-45(47)48-36)50-56-46(33-22-12-5-13-23-33,34-24-14-6-15-25-34)35-26-16-7-17-27-35/h2-27,29,38,40,43H,1,28H2,(H2,47,48)(H,49,52)/t38?,43-/m0/s1. The number of thiazole rings is 1. The molecule has 2 atom stereocenters. The Morgan fingerprint density at radius 3 is 1.79 bits per heavy atom. The number of oxime groups is 1. The molecule has 6 aromatic rings. The van der Waals surface area contributed by atoms with Gasteiger partial charge in [-0.15, -0.1) is 23.1 Å². The average molecular weight is 804 g/mol. The van der Waals surface area contributed by atoms with E-state index in [-0.39, 0.29) is 22.2 Å². The SMILES string of the molecule is C=CC1=C(C(=O)OC(c2ccccc2)c2ccccc2)N2C(=O)C(NC(=O)C(=NOC(c3ccccc3)(c3ccccc3)c3ccccc3)c3csc(N)n3)[C@@H]2SC1. The molecule has 288 valence electrons. The maximum Gasteiger partial charge on any atom is 0.356 e. The number of thioether (sulfide) groups is 1. The first kappa shape index (κ1) is 38.1. The van der Waals surface area contributed by atoms with E-state index in [0.29, 0.717) is 11.3 Å². The lowest BCUT2D eigenvalue weighted by atomic mass is 9.80. The van der Waals surface area contributed by atoms with Crippen LogP contribution in [0.4, 0.5) is 5.13 Å². The van der Waals surface area contributed by atoms with E-state index in [0.717, 1.165) is 39.2 Å². The van der Waals surface area contributed by atoms with Crippen molar-refractivity contribution in [2.24, 2.45) is 5.16 Å². The van der Waals surface area contributed by atoms with Crippen molar-refractivity contribution in [2.45, 2.75) is 23.1 Å². The van der Waals surface area contributed by atoms with Gasteiger partial charge in [0.25, 0.3) is 11.8 Å². The molecule has 2 aliphatic heterocycles. The molecular weight excluding hydrogens is 767 g/mol. The van der Waals surface area contributed by atoms with Crippen LogP contribution < -0.4 is 11.1 Å². The van der Waals surface area contributed by atoms with Gasteiger partial charge in [-0.25, -0.2) is 9.78 Å². The zero-order valence-corrected chi connectivity index (χ0v) is 32.6. The third-order valence-corrected chi connectivity index (χ3v) is 11.9. The molecule has 1 saturated heterocycles. The molecule has 0 radical (unpaired) electrons. The largest absolute Gasteiger partial charge is 0.448 e. The number of hydrogen-bond donors (Lipinski definition) is 2. The summed E-state index contributed by atoms with van der Waals surface area (Å²) < 4.78 is 6.19. The molecule has 10 nitrogen and oxygen atoms in total. The predicted octanol–water partition coefficient (Wildman–Crippen LogP) is 7.61. The first-order valence-electron chi connectivity index (χ1n) is 18.4. The van der Waals surface area contributed by atoms with Gasteiger partial charge in [0.1, 0.15) is 22.8 Å². The lowest BCUT2D eigenvalue weighted by molar-refractivity contribution is -0.154. The number of allylic oxidation sites excluding steroid dienone is 1. The molecule has 1 fully saturated rings. The van der Waals surface area contributed by atoms with Crippen molar-refractivity contribution in [2.75, 3.05) is 11.5 Å². The summed E-state index contributed by atoms with van der Waals surface area (Å²) in [5.74, 6) is -1.51. The smallest absolute Gasteiger partial charge is 0.356 e. The maximum atomic E-state index is 14.4. The number of benzene rings is 5. The summed E-state index contributed by atoms with van der Waals surface area (Å²) in [6, 6.07) is 46.6. The summed E-state index contributed by atoms with van der Waals surface area (Å²) in [6.07, 6.45) is 0.833. The number of carbonyl (C=O) groups excluding carboxylic acids is 3. The molecule has 8 rings (SSSR count). The highest BCUT2D eigenvalue weighted by Crippen LogP contribution is 2.43. The first-order valence-corrected chi connectivity index (χ1v) is 20.4. The van der Waals surface area contributed by atoms with E-state index >= 15 is 0 Å². The molecule has 0 spiro atoms. The number of anilines is 1. The van der Waals surface area contributed by atoms with Gasteiger partial charge in [0.2, 0.25) is 5.60 Å². The quantitative estimate of drug-likeness (QED) is 0.0401. The summed E-state index contributed by atoms with van der Waals surface area (Å²) in [7, 11) is 0. The van der Waals surface area contributed by atoms with Crippen LogP contribution in [0, 0.1) is 0 Å². The highest BCUT2D eigenvalue weighted by molar-refractivity contribution is 8.00. The van der Waals surface area contributed by atoms with Crippen molar-refractivity contribution in [3.63, 3.8) is 0 Å². The Labute approximate surface area is 343 Å². The Morgan fingerprint density at radius 2 is 1.33 bits per heavy atom. The fraction of sp³-hybridized carbons (Fsp3) is 0.109. The van der Waals surface area contributed by atoms with Crippen LogP contribution in [0.1, 0.15) is 39.6 Å². The molecule has 58 heavy (non-hydrogen) atoms. The third kappa shape index (κ3) is 7.31. The average Bonchev–Trinajstić information content (AvgIpc) is 3.72. The first-order chi connectivity index (χ1) is 28.4. The van der Waals surface area contributed by atoms with Crippen molar-refractivity contribution in [3.05, 3.63) is 214 Å². The number of nitrogen functional groups attached to an aromatic ring is 1. The molecule has 0 saturated carbocycles. The topological polar surface area (TPSA) is 136 Å². The van der Waals surface area contributed by atoms with Gasteiger partial charge in [-0.2, -0.15) is 0 Å². The van der Waals surface area contributed by atoms with Crippen LogP contribution >= 0.6 is 23.1 Å². The van der Waals surface area contributed by atoms with Gasteiger partial charge in [0.15, 0.2) is 16.9 Å². The van der Waals surface area contributed by atoms with Gasteiger partial charge >= 0.3 is 5.97 Å². The van der Waals surface area contributed by atoms with E-state index in [9.17, 15) is 14.4 Å². The highest BCUT2D eigenvalue weighted by atomic mass is 32.2. The number of β-lactam (4-membered cyclic amide) rings is 1. The molecule has 12 heteroatoms. The predicted molar refractivity (Wildman–Crippen MR) is 226 cm³/mol. The molecule has 5 aromatic carbocycles. The van der Waals surface area contributed by atoms with Crippen molar-refractivity contribution in [1.82, 2.24) is 15.2 Å². The normalized spacial score (nSPS) is 16.6. The number of hydrogen-bond acceptors (Lipinski definition) is 10. The molecule has 1 unspecified atom stereocenters. The second-order valence-corrected chi connectivity index (χ2v) is 15.4. The van der Waals surface area contributed by atoms with Gasteiger partial charge in [0.05, 0.1) is 0 Å². The van der Waals surface area contributed by atoms with Crippen LogP contribution in [0.15, 0.2) is 186 Å². The number of carbonyl (C=O) groups is 3. The fourth-order valence-corrected chi connectivity index (χ4v) is 9.02. The Hall–Kier alpha value is -6.76. The summed E-state index contributed by atoms with van der Waals surface area (Å²) in [5, 5.41) is 8.66. The monoisotopic (exact) mass is 803 g/mol. The van der Waals surface area contributed by atoms with Crippen molar-refractivity contribution >= 4 is 51.7 Å². The van der Waals surface area contributed by atoms with Crippen molar-refractivity contribution in [3.8, 4) is 0 Å². The van der Waals surface area contributed by atoms with Crippen LogP contribution in [0.3, 0.4) is 0 Å². The van der Waals surface area contributed by atoms with Crippen LogP contribution in [0.2, 0.25) is 0 Å². The van der Waals surface area contributed by atoms with Crippen molar-refractivity contribution < 1.29 is 24.0 Å². The van der Waals surface area contributed by atoms with E-state index in [2.05, 4.69) is 22.0 Å². The fourth-order valence-electron chi connectivity index (χ4n) is 7.14. The Balaban J connectivity index is 1.10. The van der Waals surface area contributed by atoms with Gasteiger partial charge in [0, 0.05) is 27.8 Å². The van der Waals surface area contributed by atoms with E-state index < -0.39 is 40.9 Å². The minimum Gasteiger partial charge on any atom is -0.448 e. The number of amides is 2. The number of rotatable bonds is 13. The molecule has 0 bridgehead atoms. The van der Waals surface area contributed by atoms with Crippen LogP contribution in [-0.4, -0.2) is 50.5 Å². The van der Waals surface area contributed by atoms with Crippen LogP contribution in [-0.2, 0) is 29.6 Å². The zero-order valence-electron chi connectivity index (χ0n) is 31.0. The Bertz CT molecular complexity index is 2360. The number of aromatic nitrogens is 1. The molecule has 3 N–H and O–H groups in total. The maximum absolute atomic E-state index is 14.4. The minimum absolute atomic E-state index is 0.0916. The van der Waals surface area contributed by atoms with Gasteiger partial charge in [-0.1, -0.05) is 169 Å². The lowest BCUT2D eigenvalue weighted by Crippen LogP contribution is -2.71. The van der Waals surface area contributed by atoms with E-state index in [1.165, 1.54) is 16.7 Å². The molecular formula is C46H37N5O5S2. The Kier molecular flexibility index (Phi) is 11.0. The number of nitrogens with one attached hydrogen (secondary N) is 1. The molecule has 2 amide bonds. The lowest BCUT2D eigenvalue weighted by Gasteiger charge is -2.49. The van der Waals surface area contributed by atoms with E-state index in [1.807, 2.05) is 152 Å². The second-order valence-electron chi connectivity index (χ2n) is 13.4. The number of ether oxygens (including phenoxy) is 1.